The van der Waals surface area contributed by atoms with Crippen molar-refractivity contribution in [1.82, 2.24) is 4.90 Å². The highest BCUT2D eigenvalue weighted by Crippen LogP contribution is 2.28. The molecular formula is C13H29NO. The molecule has 2 heteroatoms. The van der Waals surface area contributed by atoms with Crippen LogP contribution in [0.25, 0.3) is 0 Å². The molecule has 0 aromatic heterocycles. The van der Waals surface area contributed by atoms with Crippen LogP contribution in [-0.4, -0.2) is 35.7 Å². The monoisotopic (exact) mass is 215 g/mol. The van der Waals surface area contributed by atoms with Crippen molar-refractivity contribution in [3.8, 4) is 0 Å². The molecule has 0 aliphatic heterocycles. The predicted octanol–water partition coefficient (Wildman–Crippen LogP) is 3.05. The van der Waals surface area contributed by atoms with E-state index >= 15 is 0 Å². The van der Waals surface area contributed by atoms with Crippen molar-refractivity contribution < 1.29 is 5.11 Å². The summed E-state index contributed by atoms with van der Waals surface area (Å²) in [6, 6.07) is 0. The Morgan fingerprint density at radius 1 is 1.07 bits per heavy atom. The number of hydrogen-bond donors (Lipinski definition) is 1. The Kier molecular flexibility index (Phi) is 7.20. The Morgan fingerprint density at radius 2 is 1.60 bits per heavy atom. The summed E-state index contributed by atoms with van der Waals surface area (Å²) < 4.78 is 0. The van der Waals surface area contributed by atoms with Crippen molar-refractivity contribution in [3.63, 3.8) is 0 Å². The summed E-state index contributed by atoms with van der Waals surface area (Å²) in [5, 5.41) is 10.3. The SMILES string of the molecule is CCCCCC(O)C(CC)(CC)N(C)C. The third kappa shape index (κ3) is 3.76. The van der Waals surface area contributed by atoms with Gasteiger partial charge in [0.15, 0.2) is 0 Å². The van der Waals surface area contributed by atoms with Crippen molar-refractivity contribution in [2.24, 2.45) is 0 Å². The van der Waals surface area contributed by atoms with Crippen LogP contribution in [0.5, 0.6) is 0 Å². The summed E-state index contributed by atoms with van der Waals surface area (Å²) in [4.78, 5) is 2.20. The Labute approximate surface area is 95.7 Å². The summed E-state index contributed by atoms with van der Waals surface area (Å²) in [6.45, 7) is 6.55. The maximum absolute atomic E-state index is 10.3. The van der Waals surface area contributed by atoms with Crippen LogP contribution >= 0.6 is 0 Å². The van der Waals surface area contributed by atoms with Gasteiger partial charge in [0, 0.05) is 5.54 Å². The predicted molar refractivity (Wildman–Crippen MR) is 67.1 cm³/mol. The Hall–Kier alpha value is -0.0800. The Balaban J connectivity index is 4.34. The van der Waals surface area contributed by atoms with Gasteiger partial charge in [-0.25, -0.2) is 0 Å². The minimum absolute atomic E-state index is 0.0201. The molecule has 0 radical (unpaired) electrons. The fourth-order valence-corrected chi connectivity index (χ4v) is 2.51. The van der Waals surface area contributed by atoms with Gasteiger partial charge < -0.3 is 10.0 Å². The van der Waals surface area contributed by atoms with E-state index in [9.17, 15) is 5.11 Å². The molecule has 2 nitrogen and oxygen atoms in total. The molecule has 1 atom stereocenters. The average Bonchev–Trinajstić information content (AvgIpc) is 2.20. The summed E-state index contributed by atoms with van der Waals surface area (Å²) in [5.74, 6) is 0. The van der Waals surface area contributed by atoms with Gasteiger partial charge in [0.05, 0.1) is 6.10 Å². The van der Waals surface area contributed by atoms with E-state index in [1.54, 1.807) is 0 Å². The van der Waals surface area contributed by atoms with Crippen LogP contribution in [0.1, 0.15) is 59.3 Å². The molecule has 92 valence electrons. The zero-order valence-electron chi connectivity index (χ0n) is 11.2. The van der Waals surface area contributed by atoms with Gasteiger partial charge >= 0.3 is 0 Å². The van der Waals surface area contributed by atoms with Crippen LogP contribution in [0.15, 0.2) is 0 Å². The topological polar surface area (TPSA) is 23.5 Å². The van der Waals surface area contributed by atoms with Crippen LogP contribution < -0.4 is 0 Å². The van der Waals surface area contributed by atoms with E-state index in [0.717, 1.165) is 25.7 Å². The normalized spacial score (nSPS) is 14.6. The Bertz CT molecular complexity index is 153. The maximum Gasteiger partial charge on any atom is 0.0723 e. The number of rotatable bonds is 8. The first-order valence-corrected chi connectivity index (χ1v) is 6.40. The molecule has 0 saturated carbocycles. The number of aliphatic hydroxyl groups is 1. The molecule has 0 aliphatic carbocycles. The quantitative estimate of drug-likeness (QED) is 0.629. The first-order chi connectivity index (χ1) is 7.05. The molecule has 1 unspecified atom stereocenters. The second-order valence-corrected chi connectivity index (χ2v) is 4.72. The first-order valence-electron chi connectivity index (χ1n) is 6.40. The van der Waals surface area contributed by atoms with Crippen LogP contribution in [-0.2, 0) is 0 Å². The minimum atomic E-state index is -0.186. The van der Waals surface area contributed by atoms with E-state index in [0.29, 0.717) is 0 Å². The second-order valence-electron chi connectivity index (χ2n) is 4.72. The molecule has 0 saturated heterocycles. The molecule has 1 N–H and O–H groups in total. The lowest BCUT2D eigenvalue weighted by Gasteiger charge is -2.42. The summed E-state index contributed by atoms with van der Waals surface area (Å²) in [6.07, 6.45) is 6.39. The van der Waals surface area contributed by atoms with Gasteiger partial charge in [-0.05, 0) is 33.4 Å². The van der Waals surface area contributed by atoms with Crippen LogP contribution in [0, 0.1) is 0 Å². The first kappa shape index (κ1) is 14.9. The van der Waals surface area contributed by atoms with Crippen molar-refractivity contribution in [3.05, 3.63) is 0 Å². The van der Waals surface area contributed by atoms with E-state index in [-0.39, 0.29) is 11.6 Å². The van der Waals surface area contributed by atoms with Crippen LogP contribution in [0.4, 0.5) is 0 Å². The lowest BCUT2D eigenvalue weighted by atomic mass is 9.83. The highest BCUT2D eigenvalue weighted by Gasteiger charge is 2.35. The lowest BCUT2D eigenvalue weighted by molar-refractivity contribution is -0.0188. The smallest absolute Gasteiger partial charge is 0.0723 e. The fraction of sp³-hybridized carbons (Fsp3) is 1.00. The van der Waals surface area contributed by atoms with Crippen LogP contribution in [0.3, 0.4) is 0 Å². The van der Waals surface area contributed by atoms with Crippen LogP contribution in [0.2, 0.25) is 0 Å². The molecule has 0 rings (SSSR count). The fourth-order valence-electron chi connectivity index (χ4n) is 2.51. The third-order valence-electron chi connectivity index (χ3n) is 3.82. The van der Waals surface area contributed by atoms with Crippen molar-refractivity contribution >= 4 is 0 Å². The van der Waals surface area contributed by atoms with Crippen molar-refractivity contribution in [1.29, 1.82) is 0 Å². The molecule has 0 aromatic carbocycles. The van der Waals surface area contributed by atoms with Crippen molar-refractivity contribution in [2.45, 2.75) is 70.9 Å². The van der Waals surface area contributed by atoms with E-state index in [1.165, 1.54) is 12.8 Å². The molecular weight excluding hydrogens is 186 g/mol. The van der Waals surface area contributed by atoms with Gasteiger partial charge in [0.2, 0.25) is 0 Å². The lowest BCUT2D eigenvalue weighted by Crippen LogP contribution is -2.52. The van der Waals surface area contributed by atoms with E-state index in [4.69, 9.17) is 0 Å². The molecule has 0 fully saturated rings. The zero-order chi connectivity index (χ0) is 11.9. The van der Waals surface area contributed by atoms with Gasteiger partial charge in [-0.2, -0.15) is 0 Å². The maximum atomic E-state index is 10.3. The summed E-state index contributed by atoms with van der Waals surface area (Å²) in [5.41, 5.74) is -0.0201. The zero-order valence-corrected chi connectivity index (χ0v) is 11.2. The molecule has 0 aromatic rings. The molecule has 0 amide bonds. The minimum Gasteiger partial charge on any atom is -0.391 e. The van der Waals surface area contributed by atoms with Gasteiger partial charge in [-0.3, -0.25) is 0 Å². The molecule has 0 aliphatic rings. The number of nitrogens with zero attached hydrogens (tertiary/aromatic N) is 1. The van der Waals surface area contributed by atoms with E-state index in [2.05, 4.69) is 39.8 Å². The number of unbranched alkanes of at least 4 members (excludes halogenated alkanes) is 2. The standard InChI is InChI=1S/C13H29NO/c1-6-9-10-11-12(15)13(7-2,8-3)14(4)5/h12,15H,6-11H2,1-5H3. The number of likely N-dealkylation sites (N-methyl/N-ethyl adjacent to an activating group) is 1. The van der Waals surface area contributed by atoms with E-state index in [1.807, 2.05) is 0 Å². The van der Waals surface area contributed by atoms with Crippen molar-refractivity contribution in [2.75, 3.05) is 14.1 Å². The molecule has 0 bridgehead atoms. The van der Waals surface area contributed by atoms with Gasteiger partial charge in [0.25, 0.3) is 0 Å². The summed E-state index contributed by atoms with van der Waals surface area (Å²) in [7, 11) is 4.16. The Morgan fingerprint density at radius 3 is 1.93 bits per heavy atom. The number of aliphatic hydroxyl groups excluding tert-OH is 1. The van der Waals surface area contributed by atoms with Gasteiger partial charge in [-0.15, -0.1) is 0 Å². The van der Waals surface area contributed by atoms with Gasteiger partial charge in [0.1, 0.15) is 0 Å². The second kappa shape index (κ2) is 7.24. The average molecular weight is 215 g/mol. The molecule has 15 heavy (non-hydrogen) atoms. The summed E-state index contributed by atoms with van der Waals surface area (Å²) >= 11 is 0. The highest BCUT2D eigenvalue weighted by atomic mass is 16.3. The number of hydrogen-bond acceptors (Lipinski definition) is 2. The third-order valence-corrected chi connectivity index (χ3v) is 3.82. The van der Waals surface area contributed by atoms with Gasteiger partial charge in [-0.1, -0.05) is 40.0 Å². The van der Waals surface area contributed by atoms with E-state index < -0.39 is 0 Å². The highest BCUT2D eigenvalue weighted by molar-refractivity contribution is 4.92. The largest absolute Gasteiger partial charge is 0.391 e. The molecule has 0 heterocycles. The molecule has 0 spiro atoms.